The molecule has 2 unspecified atom stereocenters. The smallest absolute Gasteiger partial charge is 0.176 e. The Kier molecular flexibility index (Phi) is 4.46. The lowest BCUT2D eigenvalue weighted by molar-refractivity contribution is -0.104. The summed E-state index contributed by atoms with van der Waals surface area (Å²) in [6, 6.07) is 0. The van der Waals surface area contributed by atoms with Crippen molar-refractivity contribution in [1.29, 1.82) is 0 Å². The Morgan fingerprint density at radius 1 is 1.31 bits per heavy atom. The Labute approximate surface area is 80.9 Å². The van der Waals surface area contributed by atoms with E-state index in [1.807, 2.05) is 19.9 Å². The standard InChI is InChI=1S/C11H20O2/c1-4-12-11(13-5-2)7-6-10-8-9(10)3/h6-7,9-11H,4-5,8H2,1-3H3. The van der Waals surface area contributed by atoms with Gasteiger partial charge in [-0.3, -0.25) is 0 Å². The summed E-state index contributed by atoms with van der Waals surface area (Å²) in [5.41, 5.74) is 0. The van der Waals surface area contributed by atoms with E-state index >= 15 is 0 Å². The molecule has 0 N–H and O–H groups in total. The van der Waals surface area contributed by atoms with Gasteiger partial charge >= 0.3 is 0 Å². The summed E-state index contributed by atoms with van der Waals surface area (Å²) in [6.45, 7) is 7.65. The summed E-state index contributed by atoms with van der Waals surface area (Å²) in [7, 11) is 0. The molecule has 1 rings (SSSR count). The summed E-state index contributed by atoms with van der Waals surface area (Å²) in [5, 5.41) is 0. The van der Waals surface area contributed by atoms with Gasteiger partial charge < -0.3 is 9.47 Å². The second-order valence-corrected chi connectivity index (χ2v) is 3.54. The summed E-state index contributed by atoms with van der Waals surface area (Å²) in [6.07, 6.45) is 5.45. The van der Waals surface area contributed by atoms with E-state index in [9.17, 15) is 0 Å². The maximum Gasteiger partial charge on any atom is 0.176 e. The molecular formula is C11H20O2. The molecule has 76 valence electrons. The van der Waals surface area contributed by atoms with Gasteiger partial charge in [0.2, 0.25) is 0 Å². The van der Waals surface area contributed by atoms with Crippen LogP contribution in [0.3, 0.4) is 0 Å². The quantitative estimate of drug-likeness (QED) is 0.466. The molecule has 0 aromatic carbocycles. The molecule has 1 saturated carbocycles. The van der Waals surface area contributed by atoms with Crippen molar-refractivity contribution in [2.45, 2.75) is 33.5 Å². The van der Waals surface area contributed by atoms with Crippen molar-refractivity contribution in [2.24, 2.45) is 11.8 Å². The van der Waals surface area contributed by atoms with Crippen molar-refractivity contribution in [2.75, 3.05) is 13.2 Å². The minimum absolute atomic E-state index is 0.136. The summed E-state index contributed by atoms with van der Waals surface area (Å²) >= 11 is 0. The molecule has 0 aromatic rings. The zero-order valence-electron chi connectivity index (χ0n) is 8.82. The summed E-state index contributed by atoms with van der Waals surface area (Å²) in [5.74, 6) is 1.63. The van der Waals surface area contributed by atoms with Crippen molar-refractivity contribution >= 4 is 0 Å². The molecule has 0 heterocycles. The molecule has 13 heavy (non-hydrogen) atoms. The lowest BCUT2D eigenvalue weighted by Crippen LogP contribution is -2.14. The van der Waals surface area contributed by atoms with Crippen molar-refractivity contribution < 1.29 is 9.47 Å². The van der Waals surface area contributed by atoms with E-state index in [1.54, 1.807) is 0 Å². The molecule has 0 spiro atoms. The Balaban J connectivity index is 2.23. The lowest BCUT2D eigenvalue weighted by atomic mass is 10.3. The number of rotatable bonds is 6. The highest BCUT2D eigenvalue weighted by Crippen LogP contribution is 2.38. The molecule has 0 radical (unpaired) electrons. The van der Waals surface area contributed by atoms with Gasteiger partial charge in [0.05, 0.1) is 0 Å². The summed E-state index contributed by atoms with van der Waals surface area (Å²) < 4.78 is 10.8. The van der Waals surface area contributed by atoms with Gasteiger partial charge in [-0.1, -0.05) is 13.0 Å². The Morgan fingerprint density at radius 2 is 1.85 bits per heavy atom. The molecule has 1 aliphatic carbocycles. The van der Waals surface area contributed by atoms with Gasteiger partial charge in [-0.15, -0.1) is 0 Å². The lowest BCUT2D eigenvalue weighted by Gasteiger charge is -2.12. The molecule has 2 nitrogen and oxygen atoms in total. The third kappa shape index (κ3) is 3.92. The van der Waals surface area contributed by atoms with Crippen LogP contribution in [0.2, 0.25) is 0 Å². The van der Waals surface area contributed by atoms with E-state index < -0.39 is 0 Å². The fourth-order valence-corrected chi connectivity index (χ4v) is 1.34. The first kappa shape index (κ1) is 10.7. The highest BCUT2D eigenvalue weighted by molar-refractivity contribution is 5.01. The van der Waals surface area contributed by atoms with E-state index in [2.05, 4.69) is 13.0 Å². The van der Waals surface area contributed by atoms with Crippen LogP contribution in [0.1, 0.15) is 27.2 Å². The highest BCUT2D eigenvalue weighted by atomic mass is 16.7. The molecule has 0 aromatic heterocycles. The van der Waals surface area contributed by atoms with Gasteiger partial charge in [0.15, 0.2) is 6.29 Å². The minimum atomic E-state index is -0.136. The number of hydrogen-bond acceptors (Lipinski definition) is 2. The fraction of sp³-hybridized carbons (Fsp3) is 0.818. The SMILES string of the molecule is CCOC(C=CC1CC1C)OCC. The first-order chi connectivity index (χ1) is 6.27. The van der Waals surface area contributed by atoms with Crippen LogP contribution < -0.4 is 0 Å². The number of hydrogen-bond donors (Lipinski definition) is 0. The normalized spacial score (nSPS) is 27.4. The van der Waals surface area contributed by atoms with E-state index in [4.69, 9.17) is 9.47 Å². The van der Waals surface area contributed by atoms with Gasteiger partial charge in [0, 0.05) is 13.2 Å². The predicted molar refractivity (Wildman–Crippen MR) is 53.5 cm³/mol. The van der Waals surface area contributed by atoms with Crippen molar-refractivity contribution in [3.63, 3.8) is 0 Å². The van der Waals surface area contributed by atoms with Crippen LogP contribution in [0, 0.1) is 11.8 Å². The maximum absolute atomic E-state index is 5.39. The van der Waals surface area contributed by atoms with Crippen LogP contribution in [0.25, 0.3) is 0 Å². The van der Waals surface area contributed by atoms with Crippen LogP contribution in [0.15, 0.2) is 12.2 Å². The topological polar surface area (TPSA) is 18.5 Å². The molecule has 0 saturated heterocycles. The minimum Gasteiger partial charge on any atom is -0.349 e. The van der Waals surface area contributed by atoms with E-state index in [-0.39, 0.29) is 6.29 Å². The monoisotopic (exact) mass is 184 g/mol. The van der Waals surface area contributed by atoms with Crippen molar-refractivity contribution in [3.05, 3.63) is 12.2 Å². The van der Waals surface area contributed by atoms with Crippen LogP contribution in [-0.4, -0.2) is 19.5 Å². The van der Waals surface area contributed by atoms with Crippen molar-refractivity contribution in [1.82, 2.24) is 0 Å². The van der Waals surface area contributed by atoms with Crippen LogP contribution in [-0.2, 0) is 9.47 Å². The molecule has 0 aliphatic heterocycles. The van der Waals surface area contributed by atoms with Gasteiger partial charge in [0.25, 0.3) is 0 Å². The third-order valence-electron chi connectivity index (χ3n) is 2.35. The molecule has 1 fully saturated rings. The van der Waals surface area contributed by atoms with E-state index in [0.717, 1.165) is 11.8 Å². The highest BCUT2D eigenvalue weighted by Gasteiger charge is 2.29. The van der Waals surface area contributed by atoms with Crippen LogP contribution in [0.4, 0.5) is 0 Å². The largest absolute Gasteiger partial charge is 0.349 e. The predicted octanol–water partition coefficient (Wildman–Crippen LogP) is 2.60. The Bertz CT molecular complexity index is 159. The average Bonchev–Trinajstić information content (AvgIpc) is 2.79. The zero-order chi connectivity index (χ0) is 9.68. The molecular weight excluding hydrogens is 164 g/mol. The zero-order valence-corrected chi connectivity index (χ0v) is 8.82. The van der Waals surface area contributed by atoms with E-state index in [0.29, 0.717) is 13.2 Å². The van der Waals surface area contributed by atoms with Crippen molar-refractivity contribution in [3.8, 4) is 0 Å². The molecule has 2 heteroatoms. The molecule has 1 aliphatic rings. The van der Waals surface area contributed by atoms with Crippen LogP contribution in [0.5, 0.6) is 0 Å². The Morgan fingerprint density at radius 3 is 2.23 bits per heavy atom. The van der Waals surface area contributed by atoms with Gasteiger partial charge in [-0.25, -0.2) is 0 Å². The Hall–Kier alpha value is -0.340. The molecule has 0 bridgehead atoms. The van der Waals surface area contributed by atoms with Gasteiger partial charge in [0.1, 0.15) is 0 Å². The average molecular weight is 184 g/mol. The first-order valence-corrected chi connectivity index (χ1v) is 5.19. The molecule has 2 atom stereocenters. The maximum atomic E-state index is 5.39. The first-order valence-electron chi connectivity index (χ1n) is 5.19. The number of allylic oxidation sites excluding steroid dienone is 1. The summed E-state index contributed by atoms with van der Waals surface area (Å²) in [4.78, 5) is 0. The second-order valence-electron chi connectivity index (χ2n) is 3.54. The second kappa shape index (κ2) is 5.40. The van der Waals surface area contributed by atoms with E-state index in [1.165, 1.54) is 6.42 Å². The third-order valence-corrected chi connectivity index (χ3v) is 2.35. The molecule has 0 amide bonds. The van der Waals surface area contributed by atoms with Gasteiger partial charge in [-0.05, 0) is 38.2 Å². The van der Waals surface area contributed by atoms with Crippen LogP contribution >= 0.6 is 0 Å². The fourth-order valence-electron chi connectivity index (χ4n) is 1.34. The van der Waals surface area contributed by atoms with Gasteiger partial charge in [-0.2, -0.15) is 0 Å². The number of ether oxygens (including phenoxy) is 2.